The van der Waals surface area contributed by atoms with E-state index in [4.69, 9.17) is 5.11 Å². The molecule has 3 N–H and O–H groups in total. The number of amides is 2. The summed E-state index contributed by atoms with van der Waals surface area (Å²) in [6.45, 7) is 9.55. The van der Waals surface area contributed by atoms with Crippen LogP contribution >= 0.6 is 0 Å². The Hall–Kier alpha value is -2.50. The van der Waals surface area contributed by atoms with Crippen LogP contribution in [0.15, 0.2) is 31.4 Å². The molecule has 1 rings (SSSR count). The van der Waals surface area contributed by atoms with Crippen molar-refractivity contribution in [2.75, 3.05) is 18.4 Å². The lowest BCUT2D eigenvalue weighted by Gasteiger charge is -2.19. The van der Waals surface area contributed by atoms with Crippen molar-refractivity contribution in [3.63, 3.8) is 0 Å². The zero-order valence-corrected chi connectivity index (χ0v) is 10.8. The molecule has 0 aliphatic carbocycles. The number of nitrogens with zero attached hydrogens (tertiary/aromatic N) is 1. The highest BCUT2D eigenvalue weighted by Crippen LogP contribution is 2.17. The fraction of sp³-hybridized carbons (Fsp3) is 0.231. The van der Waals surface area contributed by atoms with Crippen LogP contribution in [-0.4, -0.2) is 40.1 Å². The molecule has 1 aromatic heterocycles. The van der Waals surface area contributed by atoms with Crippen LogP contribution in [0.25, 0.3) is 0 Å². The van der Waals surface area contributed by atoms with E-state index in [0.29, 0.717) is 18.8 Å². The number of urea groups is 1. The number of hydrogen-bond acceptors (Lipinski definition) is 2. The first-order valence-electron chi connectivity index (χ1n) is 5.70. The Morgan fingerprint density at radius 3 is 2.47 bits per heavy atom. The number of aromatic nitrogens is 1. The highest BCUT2D eigenvalue weighted by Gasteiger charge is 2.17. The number of anilines is 1. The van der Waals surface area contributed by atoms with Gasteiger partial charge in [-0.2, -0.15) is 0 Å². The summed E-state index contributed by atoms with van der Waals surface area (Å²) in [5.41, 5.74) is 0.864. The maximum atomic E-state index is 12.0. The van der Waals surface area contributed by atoms with E-state index in [0.717, 1.165) is 0 Å². The first-order chi connectivity index (χ1) is 8.99. The van der Waals surface area contributed by atoms with Gasteiger partial charge in [-0.15, -0.1) is 13.2 Å². The molecule has 1 aromatic rings. The predicted octanol–water partition coefficient (Wildman–Crippen LogP) is 2.23. The lowest BCUT2D eigenvalue weighted by molar-refractivity contribution is 0.0692. The summed E-state index contributed by atoms with van der Waals surface area (Å²) in [6.07, 6.45) is 3.17. The molecule has 1 heterocycles. The van der Waals surface area contributed by atoms with E-state index < -0.39 is 12.0 Å². The van der Waals surface area contributed by atoms with Gasteiger partial charge in [0, 0.05) is 18.8 Å². The van der Waals surface area contributed by atoms with Gasteiger partial charge in [-0.1, -0.05) is 12.2 Å². The minimum atomic E-state index is -1.12. The summed E-state index contributed by atoms with van der Waals surface area (Å²) in [4.78, 5) is 27.1. The molecular weight excluding hydrogens is 246 g/mol. The third-order valence-corrected chi connectivity index (χ3v) is 2.39. The highest BCUT2D eigenvalue weighted by atomic mass is 16.4. The van der Waals surface area contributed by atoms with E-state index in [1.165, 1.54) is 4.90 Å². The fourth-order valence-corrected chi connectivity index (χ4v) is 1.60. The largest absolute Gasteiger partial charge is 0.477 e. The van der Waals surface area contributed by atoms with Crippen LogP contribution in [0.4, 0.5) is 10.5 Å². The SMILES string of the molecule is C=CCN(CC=C)C(=O)Nc1cc(C)[nH]c1C(=O)O. The maximum Gasteiger partial charge on any atom is 0.354 e. The molecule has 0 aromatic carbocycles. The van der Waals surface area contributed by atoms with Crippen molar-refractivity contribution in [2.45, 2.75) is 6.92 Å². The number of nitrogens with one attached hydrogen (secondary N) is 2. The molecule has 0 atom stereocenters. The molecule has 19 heavy (non-hydrogen) atoms. The monoisotopic (exact) mass is 263 g/mol. The van der Waals surface area contributed by atoms with E-state index >= 15 is 0 Å². The van der Waals surface area contributed by atoms with Gasteiger partial charge < -0.3 is 20.3 Å². The molecule has 0 radical (unpaired) electrons. The molecule has 2 amide bonds. The lowest BCUT2D eigenvalue weighted by atomic mass is 10.3. The number of rotatable bonds is 6. The van der Waals surface area contributed by atoms with Gasteiger partial charge in [-0.05, 0) is 13.0 Å². The number of aryl methyl sites for hydroxylation is 1. The Morgan fingerprint density at radius 1 is 1.42 bits per heavy atom. The van der Waals surface area contributed by atoms with Crippen LogP contribution in [0, 0.1) is 6.92 Å². The highest BCUT2D eigenvalue weighted by molar-refractivity contribution is 5.99. The third-order valence-electron chi connectivity index (χ3n) is 2.39. The van der Waals surface area contributed by atoms with Gasteiger partial charge in [0.15, 0.2) is 0 Å². The first-order valence-corrected chi connectivity index (χ1v) is 5.70. The summed E-state index contributed by atoms with van der Waals surface area (Å²) in [6, 6.07) is 1.17. The van der Waals surface area contributed by atoms with Gasteiger partial charge in [0.1, 0.15) is 5.69 Å². The molecular formula is C13H17N3O3. The van der Waals surface area contributed by atoms with Crippen LogP contribution in [-0.2, 0) is 0 Å². The van der Waals surface area contributed by atoms with Crippen molar-refractivity contribution >= 4 is 17.7 Å². The van der Waals surface area contributed by atoms with Gasteiger partial charge in [-0.25, -0.2) is 9.59 Å². The van der Waals surface area contributed by atoms with Crippen LogP contribution in [0.3, 0.4) is 0 Å². The number of carboxylic acid groups (broad SMARTS) is 1. The Bertz CT molecular complexity index is 495. The average Bonchev–Trinajstić information content (AvgIpc) is 2.70. The molecule has 0 fully saturated rings. The second-order valence-electron chi connectivity index (χ2n) is 3.96. The fourth-order valence-electron chi connectivity index (χ4n) is 1.60. The lowest BCUT2D eigenvalue weighted by Crippen LogP contribution is -2.35. The van der Waals surface area contributed by atoms with E-state index in [1.807, 2.05) is 0 Å². The number of H-pyrrole nitrogens is 1. The maximum absolute atomic E-state index is 12.0. The van der Waals surface area contributed by atoms with Crippen molar-refractivity contribution in [2.24, 2.45) is 0 Å². The Balaban J connectivity index is 2.88. The van der Waals surface area contributed by atoms with Crippen LogP contribution in [0.2, 0.25) is 0 Å². The van der Waals surface area contributed by atoms with E-state index in [-0.39, 0.29) is 11.4 Å². The van der Waals surface area contributed by atoms with Gasteiger partial charge in [0.05, 0.1) is 5.69 Å². The topological polar surface area (TPSA) is 85.4 Å². The molecule has 0 saturated heterocycles. The zero-order chi connectivity index (χ0) is 14.4. The Labute approximate surface area is 111 Å². The van der Waals surface area contributed by atoms with Gasteiger partial charge >= 0.3 is 12.0 Å². The average molecular weight is 263 g/mol. The van der Waals surface area contributed by atoms with Gasteiger partial charge in [-0.3, -0.25) is 0 Å². The summed E-state index contributed by atoms with van der Waals surface area (Å²) in [5, 5.41) is 11.6. The number of carboxylic acids is 1. The number of hydrogen-bond donors (Lipinski definition) is 3. The van der Waals surface area contributed by atoms with E-state index in [2.05, 4.69) is 23.5 Å². The molecule has 0 saturated carbocycles. The molecule has 0 spiro atoms. The molecule has 0 aliphatic heterocycles. The predicted molar refractivity (Wildman–Crippen MR) is 73.5 cm³/mol. The smallest absolute Gasteiger partial charge is 0.354 e. The second kappa shape index (κ2) is 6.44. The van der Waals surface area contributed by atoms with Crippen molar-refractivity contribution < 1.29 is 14.7 Å². The zero-order valence-electron chi connectivity index (χ0n) is 10.8. The summed E-state index contributed by atoms with van der Waals surface area (Å²) in [5.74, 6) is -1.12. The number of aromatic amines is 1. The Morgan fingerprint density at radius 2 is 2.00 bits per heavy atom. The summed E-state index contributed by atoms with van der Waals surface area (Å²) < 4.78 is 0. The van der Waals surface area contributed by atoms with Crippen molar-refractivity contribution in [3.8, 4) is 0 Å². The summed E-state index contributed by atoms with van der Waals surface area (Å²) >= 11 is 0. The van der Waals surface area contributed by atoms with Crippen molar-refractivity contribution in [3.05, 3.63) is 42.8 Å². The van der Waals surface area contributed by atoms with E-state index in [9.17, 15) is 9.59 Å². The quantitative estimate of drug-likeness (QED) is 0.688. The molecule has 0 aliphatic rings. The minimum Gasteiger partial charge on any atom is -0.477 e. The molecule has 0 bridgehead atoms. The molecule has 6 heteroatoms. The molecule has 6 nitrogen and oxygen atoms in total. The van der Waals surface area contributed by atoms with E-state index in [1.54, 1.807) is 25.1 Å². The normalized spacial score (nSPS) is 9.74. The number of carbonyl (C=O) groups excluding carboxylic acids is 1. The third kappa shape index (κ3) is 3.74. The summed E-state index contributed by atoms with van der Waals surface area (Å²) in [7, 11) is 0. The second-order valence-corrected chi connectivity index (χ2v) is 3.96. The van der Waals surface area contributed by atoms with Gasteiger partial charge in [0.2, 0.25) is 0 Å². The standard InChI is InChI=1S/C13H17N3O3/c1-4-6-16(7-5-2)13(19)15-10-8-9(3)14-11(10)12(17)18/h4-5,8,14H,1-2,6-7H2,3H3,(H,15,19)(H,17,18). The molecule has 102 valence electrons. The number of aromatic carboxylic acids is 1. The first kappa shape index (κ1) is 14.6. The van der Waals surface area contributed by atoms with Gasteiger partial charge in [0.25, 0.3) is 0 Å². The van der Waals surface area contributed by atoms with Crippen LogP contribution in [0.1, 0.15) is 16.2 Å². The minimum absolute atomic E-state index is 0.0389. The Kier molecular flexibility index (Phi) is 4.93. The van der Waals surface area contributed by atoms with Crippen LogP contribution < -0.4 is 5.32 Å². The number of carbonyl (C=O) groups is 2. The van der Waals surface area contributed by atoms with Crippen LogP contribution in [0.5, 0.6) is 0 Å². The van der Waals surface area contributed by atoms with Crippen molar-refractivity contribution in [1.29, 1.82) is 0 Å². The molecule has 0 unspecified atom stereocenters. The van der Waals surface area contributed by atoms with Crippen molar-refractivity contribution in [1.82, 2.24) is 9.88 Å².